The summed E-state index contributed by atoms with van der Waals surface area (Å²) in [6.07, 6.45) is 0.267. The fourth-order valence-corrected chi connectivity index (χ4v) is 2.96. The average Bonchev–Trinajstić information content (AvgIpc) is 3.22. The molecule has 1 amide bonds. The van der Waals surface area contributed by atoms with Gasteiger partial charge >= 0.3 is 0 Å². The Bertz CT molecular complexity index is 838. The number of amides is 1. The molecule has 2 heterocycles. The van der Waals surface area contributed by atoms with Gasteiger partial charge in [-0.3, -0.25) is 4.79 Å². The first-order chi connectivity index (χ1) is 11.7. The molecule has 3 aromatic rings. The third-order valence-corrected chi connectivity index (χ3v) is 4.31. The van der Waals surface area contributed by atoms with E-state index < -0.39 is 0 Å². The van der Waals surface area contributed by atoms with Crippen molar-refractivity contribution in [2.45, 2.75) is 19.9 Å². The number of carbonyl (C=O) groups is 1. The Morgan fingerprint density at radius 3 is 2.88 bits per heavy atom. The van der Waals surface area contributed by atoms with Crippen LogP contribution in [0.2, 0.25) is 0 Å². The summed E-state index contributed by atoms with van der Waals surface area (Å²) < 4.78 is 11.0. The summed E-state index contributed by atoms with van der Waals surface area (Å²) in [7, 11) is 1.60. The number of aryl methyl sites for hydroxylation is 1. The fourth-order valence-electron chi connectivity index (χ4n) is 2.36. The molecule has 0 unspecified atom stereocenters. The molecule has 124 valence electrons. The zero-order chi connectivity index (χ0) is 16.9. The van der Waals surface area contributed by atoms with Gasteiger partial charge in [-0.05, 0) is 25.1 Å². The standard InChI is InChI=1S/C18H18N2O3S/c1-12-20-15(11-24-12)17-8-7-14(23-17)10-19-18(21)9-13-5-3-4-6-16(13)22-2/h3-8,11H,9-10H2,1-2H3,(H,19,21). The third-order valence-electron chi connectivity index (χ3n) is 3.54. The van der Waals surface area contributed by atoms with Crippen LogP contribution in [0.3, 0.4) is 0 Å². The number of benzene rings is 1. The highest BCUT2D eigenvalue weighted by Crippen LogP contribution is 2.23. The number of hydrogen-bond acceptors (Lipinski definition) is 5. The van der Waals surface area contributed by atoms with Crippen LogP contribution in [0.25, 0.3) is 11.5 Å². The number of para-hydroxylation sites is 1. The van der Waals surface area contributed by atoms with Gasteiger partial charge in [0.2, 0.25) is 5.91 Å². The van der Waals surface area contributed by atoms with E-state index in [2.05, 4.69) is 10.3 Å². The smallest absolute Gasteiger partial charge is 0.224 e. The second kappa shape index (κ2) is 7.31. The highest BCUT2D eigenvalue weighted by molar-refractivity contribution is 7.09. The van der Waals surface area contributed by atoms with Gasteiger partial charge in [0.15, 0.2) is 5.76 Å². The summed E-state index contributed by atoms with van der Waals surface area (Å²) in [5.41, 5.74) is 1.68. The van der Waals surface area contributed by atoms with Crippen LogP contribution in [-0.4, -0.2) is 18.0 Å². The Balaban J connectivity index is 1.58. The molecule has 0 spiro atoms. The summed E-state index contributed by atoms with van der Waals surface area (Å²) in [6, 6.07) is 11.2. The van der Waals surface area contributed by atoms with Gasteiger partial charge in [0.25, 0.3) is 0 Å². The minimum atomic E-state index is -0.0815. The number of ether oxygens (including phenoxy) is 1. The largest absolute Gasteiger partial charge is 0.496 e. The van der Waals surface area contributed by atoms with Crippen molar-refractivity contribution < 1.29 is 13.9 Å². The summed E-state index contributed by atoms with van der Waals surface area (Å²) in [6.45, 7) is 2.30. The number of furan rings is 1. The van der Waals surface area contributed by atoms with Crippen LogP contribution in [-0.2, 0) is 17.8 Å². The second-order valence-corrected chi connectivity index (χ2v) is 6.35. The van der Waals surface area contributed by atoms with Crippen LogP contribution in [0.4, 0.5) is 0 Å². The van der Waals surface area contributed by atoms with Crippen molar-refractivity contribution in [3.63, 3.8) is 0 Å². The van der Waals surface area contributed by atoms with Gasteiger partial charge in [0.1, 0.15) is 17.2 Å². The molecule has 5 nitrogen and oxygen atoms in total. The van der Waals surface area contributed by atoms with E-state index in [-0.39, 0.29) is 12.3 Å². The van der Waals surface area contributed by atoms with Crippen molar-refractivity contribution in [1.82, 2.24) is 10.3 Å². The monoisotopic (exact) mass is 342 g/mol. The molecule has 0 aliphatic heterocycles. The van der Waals surface area contributed by atoms with E-state index in [1.54, 1.807) is 18.4 Å². The maximum atomic E-state index is 12.1. The van der Waals surface area contributed by atoms with Crippen LogP contribution in [0.5, 0.6) is 5.75 Å². The van der Waals surface area contributed by atoms with Crippen LogP contribution in [0.15, 0.2) is 46.2 Å². The zero-order valence-electron chi connectivity index (χ0n) is 13.5. The van der Waals surface area contributed by atoms with E-state index in [9.17, 15) is 4.79 Å². The maximum Gasteiger partial charge on any atom is 0.224 e. The number of carbonyl (C=O) groups excluding carboxylic acids is 1. The van der Waals surface area contributed by atoms with E-state index in [1.807, 2.05) is 48.7 Å². The molecule has 0 saturated heterocycles. The highest BCUT2D eigenvalue weighted by atomic mass is 32.1. The number of aromatic nitrogens is 1. The minimum Gasteiger partial charge on any atom is -0.496 e. The molecule has 1 aromatic carbocycles. The topological polar surface area (TPSA) is 64.4 Å². The number of thiazole rings is 1. The molecule has 0 radical (unpaired) electrons. The lowest BCUT2D eigenvalue weighted by Gasteiger charge is -2.08. The summed E-state index contributed by atoms with van der Waals surface area (Å²) >= 11 is 1.58. The van der Waals surface area contributed by atoms with Gasteiger partial charge in [0, 0.05) is 10.9 Å². The van der Waals surface area contributed by atoms with Crippen molar-refractivity contribution >= 4 is 17.2 Å². The van der Waals surface area contributed by atoms with Crippen LogP contribution in [0, 0.1) is 6.92 Å². The van der Waals surface area contributed by atoms with Crippen molar-refractivity contribution in [2.75, 3.05) is 7.11 Å². The summed E-state index contributed by atoms with van der Waals surface area (Å²) in [5.74, 6) is 2.05. The molecule has 2 aromatic heterocycles. The van der Waals surface area contributed by atoms with E-state index in [0.717, 1.165) is 16.3 Å². The first-order valence-electron chi connectivity index (χ1n) is 7.55. The molecular formula is C18H18N2O3S. The van der Waals surface area contributed by atoms with Crippen molar-refractivity contribution in [3.8, 4) is 17.2 Å². The molecule has 0 aliphatic rings. The molecule has 6 heteroatoms. The number of nitrogens with one attached hydrogen (secondary N) is 1. The fraction of sp³-hybridized carbons (Fsp3) is 0.222. The molecule has 0 fully saturated rings. The summed E-state index contributed by atoms with van der Waals surface area (Å²) in [5, 5.41) is 5.81. The Labute approximate surface area is 144 Å². The molecule has 0 saturated carbocycles. The molecule has 1 N–H and O–H groups in total. The van der Waals surface area contributed by atoms with Gasteiger partial charge in [-0.25, -0.2) is 4.98 Å². The zero-order valence-corrected chi connectivity index (χ0v) is 14.4. The number of methoxy groups -OCH3 is 1. The quantitative estimate of drug-likeness (QED) is 0.744. The molecule has 0 atom stereocenters. The van der Waals surface area contributed by atoms with Gasteiger partial charge in [-0.15, -0.1) is 11.3 Å². The van der Waals surface area contributed by atoms with Gasteiger partial charge in [0.05, 0.1) is 25.1 Å². The predicted molar refractivity (Wildman–Crippen MR) is 93.1 cm³/mol. The number of hydrogen-bond donors (Lipinski definition) is 1. The van der Waals surface area contributed by atoms with E-state index >= 15 is 0 Å². The SMILES string of the molecule is COc1ccccc1CC(=O)NCc1ccc(-c2csc(C)n2)o1. The molecule has 24 heavy (non-hydrogen) atoms. The van der Waals surface area contributed by atoms with Crippen LogP contribution < -0.4 is 10.1 Å². The van der Waals surface area contributed by atoms with E-state index in [4.69, 9.17) is 9.15 Å². The molecule has 0 bridgehead atoms. The Morgan fingerprint density at radius 1 is 1.29 bits per heavy atom. The lowest BCUT2D eigenvalue weighted by Crippen LogP contribution is -2.24. The lowest BCUT2D eigenvalue weighted by atomic mass is 10.1. The second-order valence-electron chi connectivity index (χ2n) is 5.28. The minimum absolute atomic E-state index is 0.0815. The molecular weight excluding hydrogens is 324 g/mol. The lowest BCUT2D eigenvalue weighted by molar-refractivity contribution is -0.120. The predicted octanol–water partition coefficient (Wildman–Crippen LogP) is 3.58. The number of nitrogens with zero attached hydrogens (tertiary/aromatic N) is 1. The Hall–Kier alpha value is -2.60. The van der Waals surface area contributed by atoms with Crippen molar-refractivity contribution in [2.24, 2.45) is 0 Å². The third kappa shape index (κ3) is 3.83. The highest BCUT2D eigenvalue weighted by Gasteiger charge is 2.11. The van der Waals surface area contributed by atoms with Crippen LogP contribution in [0.1, 0.15) is 16.3 Å². The van der Waals surface area contributed by atoms with E-state index in [0.29, 0.717) is 23.8 Å². The average molecular weight is 342 g/mol. The van der Waals surface area contributed by atoms with E-state index in [1.165, 1.54) is 0 Å². The molecule has 3 rings (SSSR count). The Morgan fingerprint density at radius 2 is 2.12 bits per heavy atom. The first-order valence-corrected chi connectivity index (χ1v) is 8.43. The van der Waals surface area contributed by atoms with Crippen molar-refractivity contribution in [3.05, 3.63) is 58.1 Å². The maximum absolute atomic E-state index is 12.1. The normalized spacial score (nSPS) is 10.6. The van der Waals surface area contributed by atoms with Crippen LogP contribution >= 0.6 is 11.3 Å². The van der Waals surface area contributed by atoms with Gasteiger partial charge in [-0.2, -0.15) is 0 Å². The Kier molecular flexibility index (Phi) is 4.96. The first kappa shape index (κ1) is 16.3. The van der Waals surface area contributed by atoms with Crippen molar-refractivity contribution in [1.29, 1.82) is 0 Å². The summed E-state index contributed by atoms with van der Waals surface area (Å²) in [4.78, 5) is 16.5. The van der Waals surface area contributed by atoms with Gasteiger partial charge < -0.3 is 14.5 Å². The van der Waals surface area contributed by atoms with Gasteiger partial charge in [-0.1, -0.05) is 18.2 Å². The number of rotatable bonds is 6. The molecule has 0 aliphatic carbocycles.